The number of aliphatic hydroxyl groups excluding tert-OH is 2. The van der Waals surface area contributed by atoms with Gasteiger partial charge in [0.1, 0.15) is 6.10 Å². The van der Waals surface area contributed by atoms with E-state index in [2.05, 4.69) is 10.0 Å². The highest BCUT2D eigenvalue weighted by molar-refractivity contribution is 5.03. The fraction of sp³-hybridized carbons (Fsp3) is 0.889. The van der Waals surface area contributed by atoms with Crippen LogP contribution in [0.3, 0.4) is 0 Å². The van der Waals surface area contributed by atoms with E-state index in [1.807, 2.05) is 6.07 Å². The largest absolute Gasteiger partial charge is 0.394 e. The summed E-state index contributed by atoms with van der Waals surface area (Å²) < 4.78 is 10.7. The van der Waals surface area contributed by atoms with Gasteiger partial charge in [-0.05, 0) is 19.4 Å². The molecule has 8 heteroatoms. The molecule has 0 aromatic rings. The van der Waals surface area contributed by atoms with Crippen molar-refractivity contribution >= 4 is 0 Å². The van der Waals surface area contributed by atoms with E-state index in [-0.39, 0.29) is 0 Å². The number of hydrogen-bond donors (Lipinski definition) is 2. The van der Waals surface area contributed by atoms with Gasteiger partial charge in [-0.3, -0.25) is 0 Å². The lowest BCUT2D eigenvalue weighted by atomic mass is 10.0. The number of rotatable bonds is 4. The molecule has 0 unspecified atom stereocenters. The van der Waals surface area contributed by atoms with E-state index in [1.165, 1.54) is 0 Å². The molecule has 2 N–H and O–H groups in total. The summed E-state index contributed by atoms with van der Waals surface area (Å²) in [7, 11) is 0. The average Bonchev–Trinajstić information content (AvgIpc) is 2.60. The standard InChI is InChI=1S/C9H14N4O4/c1-9(2)16-6(3-10)8(17-9)7(12-13-11)5(15)4-14/h5-8,14-15H,4H2,1-2H3/t5-,6-,7-,8-/m1/s1. The van der Waals surface area contributed by atoms with Crippen molar-refractivity contribution in [2.45, 2.75) is 44.0 Å². The molecule has 1 aliphatic heterocycles. The van der Waals surface area contributed by atoms with Gasteiger partial charge in [-0.2, -0.15) is 5.26 Å². The van der Waals surface area contributed by atoms with Crippen molar-refractivity contribution in [2.75, 3.05) is 6.61 Å². The predicted molar refractivity (Wildman–Crippen MR) is 55.5 cm³/mol. The highest BCUT2D eigenvalue weighted by Crippen LogP contribution is 2.31. The molecule has 0 radical (unpaired) electrons. The quantitative estimate of drug-likeness (QED) is 0.408. The number of ether oxygens (including phenoxy) is 2. The van der Waals surface area contributed by atoms with E-state index in [9.17, 15) is 5.11 Å². The van der Waals surface area contributed by atoms with Crippen LogP contribution < -0.4 is 0 Å². The van der Waals surface area contributed by atoms with Crippen LogP contribution in [0.4, 0.5) is 0 Å². The third kappa shape index (κ3) is 3.06. The zero-order valence-corrected chi connectivity index (χ0v) is 9.52. The first-order valence-corrected chi connectivity index (χ1v) is 5.03. The van der Waals surface area contributed by atoms with Crippen LogP contribution >= 0.6 is 0 Å². The van der Waals surface area contributed by atoms with Crippen molar-refractivity contribution in [3.05, 3.63) is 10.4 Å². The van der Waals surface area contributed by atoms with Gasteiger partial charge in [-0.15, -0.1) is 0 Å². The van der Waals surface area contributed by atoms with Gasteiger partial charge in [0, 0.05) is 4.91 Å². The average molecular weight is 242 g/mol. The molecule has 0 spiro atoms. The molecule has 8 nitrogen and oxygen atoms in total. The summed E-state index contributed by atoms with van der Waals surface area (Å²) in [5.41, 5.74) is 8.42. The second kappa shape index (κ2) is 5.31. The maximum Gasteiger partial charge on any atom is 0.173 e. The summed E-state index contributed by atoms with van der Waals surface area (Å²) >= 11 is 0. The van der Waals surface area contributed by atoms with Gasteiger partial charge in [-0.1, -0.05) is 5.11 Å². The van der Waals surface area contributed by atoms with Crippen LogP contribution in [0.2, 0.25) is 0 Å². The minimum atomic E-state index is -1.30. The van der Waals surface area contributed by atoms with Gasteiger partial charge in [0.25, 0.3) is 0 Å². The SMILES string of the molecule is CC1(C)O[C@@H]([C@H](N=[N+]=[N-])[C@H](O)CO)[C@@H](C#N)O1. The second-order valence-electron chi connectivity index (χ2n) is 4.10. The van der Waals surface area contributed by atoms with Crippen molar-refractivity contribution in [3.63, 3.8) is 0 Å². The molecular formula is C9H14N4O4. The Morgan fingerprint density at radius 1 is 1.59 bits per heavy atom. The normalized spacial score (nSPS) is 30.1. The Bertz CT molecular complexity index is 360. The summed E-state index contributed by atoms with van der Waals surface area (Å²) in [6.07, 6.45) is -3.17. The fourth-order valence-corrected chi connectivity index (χ4v) is 1.67. The Morgan fingerprint density at radius 2 is 2.24 bits per heavy atom. The van der Waals surface area contributed by atoms with Gasteiger partial charge in [0.15, 0.2) is 11.9 Å². The zero-order valence-electron chi connectivity index (χ0n) is 9.52. The third-order valence-electron chi connectivity index (χ3n) is 2.36. The Hall–Kier alpha value is -1.36. The molecule has 1 saturated heterocycles. The van der Waals surface area contributed by atoms with Gasteiger partial charge in [0.05, 0.1) is 24.8 Å². The van der Waals surface area contributed by atoms with Crippen LogP contribution in [-0.2, 0) is 9.47 Å². The number of hydrogen-bond acceptors (Lipinski definition) is 6. The highest BCUT2D eigenvalue weighted by Gasteiger charge is 2.47. The minimum Gasteiger partial charge on any atom is -0.394 e. The fourth-order valence-electron chi connectivity index (χ4n) is 1.67. The summed E-state index contributed by atoms with van der Waals surface area (Å²) in [6, 6.07) is 0.791. The molecule has 0 amide bonds. The molecule has 0 aromatic carbocycles. The molecule has 1 rings (SSSR count). The van der Waals surface area contributed by atoms with Crippen molar-refractivity contribution in [1.29, 1.82) is 5.26 Å². The molecule has 1 heterocycles. The maximum absolute atomic E-state index is 9.53. The lowest BCUT2D eigenvalue weighted by Gasteiger charge is -2.23. The number of azide groups is 1. The Labute approximate surface area is 98.0 Å². The first kappa shape index (κ1) is 13.7. The van der Waals surface area contributed by atoms with Crippen molar-refractivity contribution in [2.24, 2.45) is 5.11 Å². The summed E-state index contributed by atoms with van der Waals surface area (Å²) in [5, 5.41) is 30.7. The van der Waals surface area contributed by atoms with Crippen molar-refractivity contribution < 1.29 is 19.7 Å². The first-order chi connectivity index (χ1) is 7.95. The number of nitriles is 1. The molecule has 0 aliphatic carbocycles. The van der Waals surface area contributed by atoms with E-state index in [0.717, 1.165) is 0 Å². The van der Waals surface area contributed by atoms with Gasteiger partial charge >= 0.3 is 0 Å². The molecule has 1 aliphatic rings. The van der Waals surface area contributed by atoms with Crippen molar-refractivity contribution in [3.8, 4) is 6.07 Å². The Morgan fingerprint density at radius 3 is 2.71 bits per heavy atom. The molecule has 4 atom stereocenters. The number of aliphatic hydroxyl groups is 2. The zero-order chi connectivity index (χ0) is 13.1. The molecule has 0 bridgehead atoms. The molecule has 17 heavy (non-hydrogen) atoms. The molecule has 1 fully saturated rings. The van der Waals surface area contributed by atoms with Crippen LogP contribution in [0.1, 0.15) is 13.8 Å². The minimum absolute atomic E-state index is 0.595. The van der Waals surface area contributed by atoms with E-state index < -0.39 is 36.7 Å². The van der Waals surface area contributed by atoms with Gasteiger partial charge in [0.2, 0.25) is 0 Å². The van der Waals surface area contributed by atoms with E-state index in [4.69, 9.17) is 25.4 Å². The van der Waals surface area contributed by atoms with Crippen LogP contribution in [0, 0.1) is 11.3 Å². The Balaban J connectivity index is 2.94. The number of nitrogens with zero attached hydrogens (tertiary/aromatic N) is 4. The first-order valence-electron chi connectivity index (χ1n) is 5.03. The second-order valence-corrected chi connectivity index (χ2v) is 4.10. The monoisotopic (exact) mass is 242 g/mol. The molecular weight excluding hydrogens is 228 g/mol. The maximum atomic E-state index is 9.53. The third-order valence-corrected chi connectivity index (χ3v) is 2.36. The lowest BCUT2D eigenvalue weighted by Crippen LogP contribution is -2.43. The highest BCUT2D eigenvalue weighted by atomic mass is 16.8. The lowest BCUT2D eigenvalue weighted by molar-refractivity contribution is -0.147. The topological polar surface area (TPSA) is 131 Å². The molecule has 94 valence electrons. The van der Waals surface area contributed by atoms with E-state index in [0.29, 0.717) is 0 Å². The predicted octanol–water partition coefficient (Wildman–Crippen LogP) is 0.0622. The van der Waals surface area contributed by atoms with Crippen LogP contribution in [0.15, 0.2) is 5.11 Å². The summed E-state index contributed by atoms with van der Waals surface area (Å²) in [5.74, 6) is -0.997. The summed E-state index contributed by atoms with van der Waals surface area (Å²) in [6.45, 7) is 2.62. The Kier molecular flexibility index (Phi) is 4.28. The van der Waals surface area contributed by atoms with Gasteiger partial charge < -0.3 is 19.7 Å². The van der Waals surface area contributed by atoms with E-state index in [1.54, 1.807) is 13.8 Å². The van der Waals surface area contributed by atoms with E-state index >= 15 is 0 Å². The van der Waals surface area contributed by atoms with Gasteiger partial charge in [-0.25, -0.2) is 0 Å². The molecule has 0 saturated carbocycles. The summed E-state index contributed by atoms with van der Waals surface area (Å²) in [4.78, 5) is 2.58. The van der Waals surface area contributed by atoms with Crippen LogP contribution in [0.5, 0.6) is 0 Å². The van der Waals surface area contributed by atoms with Crippen LogP contribution in [0.25, 0.3) is 10.4 Å². The smallest absolute Gasteiger partial charge is 0.173 e. The molecule has 0 aromatic heterocycles. The van der Waals surface area contributed by atoms with Crippen LogP contribution in [-0.4, -0.2) is 47.0 Å². The van der Waals surface area contributed by atoms with Crippen molar-refractivity contribution in [1.82, 2.24) is 0 Å².